The summed E-state index contributed by atoms with van der Waals surface area (Å²) in [7, 11) is 1.90. The summed E-state index contributed by atoms with van der Waals surface area (Å²) in [6, 6.07) is 9.46. The van der Waals surface area contributed by atoms with Crippen LogP contribution in [0.2, 0.25) is 0 Å². The van der Waals surface area contributed by atoms with Gasteiger partial charge in [-0.05, 0) is 30.7 Å². The molecule has 0 aliphatic carbocycles. The maximum absolute atomic E-state index is 13.1. The van der Waals surface area contributed by atoms with Gasteiger partial charge in [-0.15, -0.1) is 0 Å². The summed E-state index contributed by atoms with van der Waals surface area (Å²) in [6.45, 7) is 2.29. The van der Waals surface area contributed by atoms with Gasteiger partial charge in [0.2, 0.25) is 0 Å². The Kier molecular flexibility index (Phi) is 3.58. The maximum atomic E-state index is 13.1. The molecule has 0 aliphatic rings. The molecular weight excluding hydrogens is 229 g/mol. The van der Waals surface area contributed by atoms with E-state index in [4.69, 9.17) is 5.73 Å². The molecule has 1 aromatic carbocycles. The lowest BCUT2D eigenvalue weighted by atomic mass is 10.2. The van der Waals surface area contributed by atoms with Crippen molar-refractivity contribution in [3.63, 3.8) is 0 Å². The Morgan fingerprint density at radius 3 is 2.78 bits per heavy atom. The third-order valence-corrected chi connectivity index (χ3v) is 2.84. The highest BCUT2D eigenvalue weighted by atomic mass is 19.1. The molecule has 0 saturated carbocycles. The molecule has 2 rings (SSSR count). The third kappa shape index (κ3) is 2.49. The second-order valence-electron chi connectivity index (χ2n) is 4.24. The number of rotatable bonds is 3. The number of aryl methyl sites for hydroxylation is 1. The number of hydrogen-bond donors (Lipinski definition) is 1. The number of halogens is 1. The van der Waals surface area contributed by atoms with Crippen molar-refractivity contribution in [3.8, 4) is 0 Å². The average molecular weight is 245 g/mol. The first kappa shape index (κ1) is 12.5. The average Bonchev–Trinajstić information content (AvgIpc) is 2.37. The molecule has 3 nitrogen and oxygen atoms in total. The van der Waals surface area contributed by atoms with Gasteiger partial charge in [-0.2, -0.15) is 0 Å². The quantitative estimate of drug-likeness (QED) is 0.904. The van der Waals surface area contributed by atoms with Gasteiger partial charge >= 0.3 is 0 Å². The molecule has 1 aromatic heterocycles. The van der Waals surface area contributed by atoms with Crippen molar-refractivity contribution >= 4 is 11.5 Å². The lowest BCUT2D eigenvalue weighted by molar-refractivity contribution is 0.618. The summed E-state index contributed by atoms with van der Waals surface area (Å²) in [6.07, 6.45) is 1.21. The molecule has 1 heterocycles. The number of pyridine rings is 1. The number of nitrogens with zero attached hydrogens (tertiary/aromatic N) is 2. The maximum Gasteiger partial charge on any atom is 0.141 e. The lowest BCUT2D eigenvalue weighted by Crippen LogP contribution is -2.15. The largest absolute Gasteiger partial charge is 0.329 e. The Balaban J connectivity index is 2.42. The smallest absolute Gasteiger partial charge is 0.141 e. The summed E-state index contributed by atoms with van der Waals surface area (Å²) in [5.74, 6) is 0.321. The Morgan fingerprint density at radius 2 is 2.11 bits per heavy atom. The summed E-state index contributed by atoms with van der Waals surface area (Å²) in [5, 5.41) is 0. The molecule has 2 aromatic rings. The fraction of sp³-hybridized carbons (Fsp3) is 0.214. The molecule has 0 radical (unpaired) electrons. The van der Waals surface area contributed by atoms with E-state index in [1.807, 2.05) is 43.1 Å². The van der Waals surface area contributed by atoms with E-state index < -0.39 is 0 Å². The van der Waals surface area contributed by atoms with Gasteiger partial charge in [-0.1, -0.05) is 12.1 Å². The highest BCUT2D eigenvalue weighted by Crippen LogP contribution is 2.25. The van der Waals surface area contributed by atoms with Crippen LogP contribution in [0.1, 0.15) is 11.1 Å². The molecule has 0 aliphatic heterocycles. The second kappa shape index (κ2) is 5.14. The van der Waals surface area contributed by atoms with Crippen molar-refractivity contribution in [3.05, 3.63) is 53.5 Å². The normalized spacial score (nSPS) is 10.4. The van der Waals surface area contributed by atoms with Gasteiger partial charge < -0.3 is 10.6 Å². The van der Waals surface area contributed by atoms with Crippen LogP contribution in [0.3, 0.4) is 0 Å². The lowest BCUT2D eigenvalue weighted by Gasteiger charge is -2.21. The van der Waals surface area contributed by atoms with Crippen LogP contribution in [0, 0.1) is 12.7 Å². The van der Waals surface area contributed by atoms with Crippen molar-refractivity contribution < 1.29 is 4.39 Å². The predicted molar refractivity (Wildman–Crippen MR) is 71.3 cm³/mol. The minimum Gasteiger partial charge on any atom is -0.329 e. The van der Waals surface area contributed by atoms with E-state index in [-0.39, 0.29) is 12.4 Å². The van der Waals surface area contributed by atoms with Crippen molar-refractivity contribution in [2.45, 2.75) is 13.5 Å². The highest BCUT2D eigenvalue weighted by Gasteiger charge is 2.11. The molecule has 4 heteroatoms. The molecule has 2 N–H and O–H groups in total. The minimum absolute atomic E-state index is 0.260. The second-order valence-corrected chi connectivity index (χ2v) is 4.24. The zero-order valence-electron chi connectivity index (χ0n) is 10.5. The molecule has 0 fully saturated rings. The van der Waals surface area contributed by atoms with Crippen LogP contribution < -0.4 is 10.6 Å². The number of aromatic nitrogens is 1. The SMILES string of the molecule is Cc1cccc(N(C)c2ncc(F)cc2CN)c1. The van der Waals surface area contributed by atoms with Gasteiger partial charge in [0.15, 0.2) is 0 Å². The topological polar surface area (TPSA) is 42.2 Å². The van der Waals surface area contributed by atoms with E-state index >= 15 is 0 Å². The molecule has 0 bridgehead atoms. The Labute approximate surface area is 106 Å². The van der Waals surface area contributed by atoms with Gasteiger partial charge in [0.25, 0.3) is 0 Å². The van der Waals surface area contributed by atoms with Crippen LogP contribution in [0.25, 0.3) is 0 Å². The fourth-order valence-electron chi connectivity index (χ4n) is 1.89. The first-order valence-electron chi connectivity index (χ1n) is 5.76. The highest BCUT2D eigenvalue weighted by molar-refractivity contribution is 5.62. The first-order chi connectivity index (χ1) is 8.61. The fourth-order valence-corrected chi connectivity index (χ4v) is 1.89. The van der Waals surface area contributed by atoms with Gasteiger partial charge in [-0.25, -0.2) is 9.37 Å². The van der Waals surface area contributed by atoms with E-state index in [1.54, 1.807) is 0 Å². The van der Waals surface area contributed by atoms with E-state index in [1.165, 1.54) is 12.3 Å². The molecule has 0 amide bonds. The molecule has 0 atom stereocenters. The Bertz CT molecular complexity index is 554. The minimum atomic E-state index is -0.364. The summed E-state index contributed by atoms with van der Waals surface area (Å²) in [4.78, 5) is 6.04. The molecule has 94 valence electrons. The zero-order valence-corrected chi connectivity index (χ0v) is 10.5. The molecule has 18 heavy (non-hydrogen) atoms. The molecular formula is C14H16FN3. The number of anilines is 2. The predicted octanol–water partition coefficient (Wildman–Crippen LogP) is 2.76. The van der Waals surface area contributed by atoms with Crippen LogP contribution in [-0.2, 0) is 6.54 Å². The first-order valence-corrected chi connectivity index (χ1v) is 5.76. The van der Waals surface area contributed by atoms with Crippen LogP contribution in [0.5, 0.6) is 0 Å². The van der Waals surface area contributed by atoms with E-state index in [9.17, 15) is 4.39 Å². The zero-order chi connectivity index (χ0) is 13.1. The van der Waals surface area contributed by atoms with Gasteiger partial charge in [0, 0.05) is 24.8 Å². The monoisotopic (exact) mass is 245 g/mol. The van der Waals surface area contributed by atoms with Crippen LogP contribution in [0.15, 0.2) is 36.5 Å². The van der Waals surface area contributed by atoms with Crippen LogP contribution in [0.4, 0.5) is 15.9 Å². The Morgan fingerprint density at radius 1 is 1.33 bits per heavy atom. The third-order valence-electron chi connectivity index (χ3n) is 2.84. The van der Waals surface area contributed by atoms with Crippen molar-refractivity contribution in [1.29, 1.82) is 0 Å². The summed E-state index contributed by atoms with van der Waals surface area (Å²) in [5.41, 5.74) is 8.49. The van der Waals surface area contributed by atoms with Gasteiger partial charge in [0.05, 0.1) is 6.20 Å². The summed E-state index contributed by atoms with van der Waals surface area (Å²) < 4.78 is 13.1. The number of benzene rings is 1. The van der Waals surface area contributed by atoms with Crippen molar-refractivity contribution in [1.82, 2.24) is 4.98 Å². The molecule has 0 saturated heterocycles. The Hall–Kier alpha value is -1.94. The molecule has 0 spiro atoms. The van der Waals surface area contributed by atoms with Crippen LogP contribution in [-0.4, -0.2) is 12.0 Å². The number of hydrogen-bond acceptors (Lipinski definition) is 3. The van der Waals surface area contributed by atoms with Gasteiger partial charge in [0.1, 0.15) is 11.6 Å². The van der Waals surface area contributed by atoms with E-state index in [0.717, 1.165) is 11.3 Å². The van der Waals surface area contributed by atoms with Crippen molar-refractivity contribution in [2.24, 2.45) is 5.73 Å². The molecule has 0 unspecified atom stereocenters. The van der Waals surface area contributed by atoms with Crippen molar-refractivity contribution in [2.75, 3.05) is 11.9 Å². The standard InChI is InChI=1S/C14H16FN3/c1-10-4-3-5-13(6-10)18(2)14-11(8-16)7-12(15)9-17-14/h3-7,9H,8,16H2,1-2H3. The van der Waals surface area contributed by atoms with E-state index in [2.05, 4.69) is 4.98 Å². The number of nitrogens with two attached hydrogens (primary N) is 1. The summed E-state index contributed by atoms with van der Waals surface area (Å²) >= 11 is 0. The van der Waals surface area contributed by atoms with E-state index in [0.29, 0.717) is 11.4 Å². The van der Waals surface area contributed by atoms with Crippen LogP contribution >= 0.6 is 0 Å². The van der Waals surface area contributed by atoms with Gasteiger partial charge in [-0.3, -0.25) is 0 Å².